The Bertz CT molecular complexity index is 646. The first-order valence-electron chi connectivity index (χ1n) is 13.9. The van der Waals surface area contributed by atoms with Crippen molar-refractivity contribution in [2.75, 3.05) is 0 Å². The predicted octanol–water partition coefficient (Wildman–Crippen LogP) is 11.7. The Morgan fingerprint density at radius 2 is 0.636 bits per heavy atom. The fourth-order valence-corrected chi connectivity index (χ4v) is 3.84. The Kier molecular flexibility index (Phi) is 19.3. The maximum atomic E-state index is 2.45. The van der Waals surface area contributed by atoms with Crippen LogP contribution in [0.3, 0.4) is 0 Å². The van der Waals surface area contributed by atoms with Gasteiger partial charge >= 0.3 is 0 Å². The third-order valence-corrected chi connectivity index (χ3v) is 6.48. The molecule has 0 saturated heterocycles. The average molecular weight is 455 g/mol. The van der Waals surface area contributed by atoms with Crippen LogP contribution in [-0.4, -0.2) is 0 Å². The highest BCUT2D eigenvalue weighted by Crippen LogP contribution is 2.16. The van der Waals surface area contributed by atoms with Crippen LogP contribution in [0.25, 0.3) is 0 Å². The van der Waals surface area contributed by atoms with E-state index in [0.29, 0.717) is 0 Å². The van der Waals surface area contributed by atoms with E-state index in [9.17, 15) is 0 Å². The van der Waals surface area contributed by atoms with E-state index in [1.807, 2.05) is 0 Å². The van der Waals surface area contributed by atoms with E-state index >= 15 is 0 Å². The summed E-state index contributed by atoms with van der Waals surface area (Å²) in [6, 6.07) is 0. The first-order chi connectivity index (χ1) is 15.6. The monoisotopic (exact) mass is 454 g/mol. The molecule has 0 aliphatic carbocycles. The molecular weight excluding hydrogens is 396 g/mol. The van der Waals surface area contributed by atoms with Gasteiger partial charge in [-0.05, 0) is 124 Å². The second kappa shape index (κ2) is 20.1. The van der Waals surface area contributed by atoms with E-state index in [1.54, 1.807) is 27.9 Å². The zero-order valence-electron chi connectivity index (χ0n) is 24.0. The molecule has 0 bridgehead atoms. The van der Waals surface area contributed by atoms with Crippen LogP contribution < -0.4 is 0 Å². The predicted molar refractivity (Wildman–Crippen MR) is 154 cm³/mol. The summed E-state index contributed by atoms with van der Waals surface area (Å²) < 4.78 is 0. The molecule has 0 N–H and O–H groups in total. The molecule has 190 valence electrons. The van der Waals surface area contributed by atoms with Gasteiger partial charge in [-0.15, -0.1) is 0 Å². The van der Waals surface area contributed by atoms with Gasteiger partial charge in [0, 0.05) is 0 Å². The molecule has 0 radical (unpaired) electrons. The van der Waals surface area contributed by atoms with Gasteiger partial charge in [-0.2, -0.15) is 0 Å². The molecule has 0 unspecified atom stereocenters. The van der Waals surface area contributed by atoms with Crippen molar-refractivity contribution in [3.8, 4) is 0 Å². The maximum absolute atomic E-state index is 2.45. The van der Waals surface area contributed by atoms with Gasteiger partial charge in [0.2, 0.25) is 0 Å². The van der Waals surface area contributed by atoms with E-state index in [4.69, 9.17) is 0 Å². The Morgan fingerprint density at radius 3 is 0.909 bits per heavy atom. The van der Waals surface area contributed by atoms with Gasteiger partial charge in [-0.3, -0.25) is 0 Å². The van der Waals surface area contributed by atoms with Crippen LogP contribution in [0.15, 0.2) is 58.2 Å². The lowest BCUT2D eigenvalue weighted by Crippen LogP contribution is -1.88. The van der Waals surface area contributed by atoms with E-state index in [0.717, 1.165) is 11.8 Å². The van der Waals surface area contributed by atoms with Crippen molar-refractivity contribution in [2.24, 2.45) is 11.8 Å². The van der Waals surface area contributed by atoms with E-state index < -0.39 is 0 Å². The SMILES string of the molecule is C/C(=C\CC/C=C(\C)CC/C=C(\C)CCC(C)C)CC/C=C(\C)CC/C=C(\C)CCC(C)C. The molecule has 0 rings (SSSR count). The van der Waals surface area contributed by atoms with Crippen LogP contribution in [0.5, 0.6) is 0 Å². The minimum Gasteiger partial charge on any atom is -0.0853 e. The molecule has 0 spiro atoms. The second-order valence-electron chi connectivity index (χ2n) is 11.3. The molecule has 0 amide bonds. The molecule has 0 atom stereocenters. The van der Waals surface area contributed by atoms with Crippen LogP contribution in [-0.2, 0) is 0 Å². The van der Waals surface area contributed by atoms with E-state index in [-0.39, 0.29) is 0 Å². The molecule has 0 aliphatic heterocycles. The molecule has 0 aliphatic rings. The molecule has 0 aromatic rings. The van der Waals surface area contributed by atoms with Crippen molar-refractivity contribution in [3.05, 3.63) is 58.2 Å². The maximum Gasteiger partial charge on any atom is -0.0288 e. The minimum absolute atomic E-state index is 0.808. The third-order valence-electron chi connectivity index (χ3n) is 6.48. The summed E-state index contributed by atoms with van der Waals surface area (Å²) in [7, 11) is 0. The summed E-state index contributed by atoms with van der Waals surface area (Å²) in [6.45, 7) is 20.7. The highest BCUT2D eigenvalue weighted by Gasteiger charge is 1.97. The van der Waals surface area contributed by atoms with Crippen molar-refractivity contribution in [2.45, 2.75) is 139 Å². The highest BCUT2D eigenvalue weighted by atomic mass is 14.0. The Labute approximate surface area is 209 Å². The number of allylic oxidation sites excluding steroid dienone is 10. The minimum atomic E-state index is 0.808. The first-order valence-corrected chi connectivity index (χ1v) is 13.9. The van der Waals surface area contributed by atoms with Crippen molar-refractivity contribution >= 4 is 0 Å². The van der Waals surface area contributed by atoms with Crippen LogP contribution in [0.2, 0.25) is 0 Å². The van der Waals surface area contributed by atoms with Crippen LogP contribution in [0.4, 0.5) is 0 Å². The lowest BCUT2D eigenvalue weighted by molar-refractivity contribution is 0.583. The lowest BCUT2D eigenvalue weighted by atomic mass is 10.0. The van der Waals surface area contributed by atoms with Gasteiger partial charge in [0.1, 0.15) is 0 Å². The van der Waals surface area contributed by atoms with E-state index in [1.165, 1.54) is 77.0 Å². The first kappa shape index (κ1) is 31.7. The van der Waals surface area contributed by atoms with Crippen molar-refractivity contribution in [1.29, 1.82) is 0 Å². The topological polar surface area (TPSA) is 0 Å². The molecule has 0 aromatic heterocycles. The van der Waals surface area contributed by atoms with E-state index in [2.05, 4.69) is 92.7 Å². The Hall–Kier alpha value is -1.30. The largest absolute Gasteiger partial charge is 0.0853 e. The third kappa shape index (κ3) is 22.3. The molecule has 0 nitrogen and oxygen atoms in total. The molecule has 33 heavy (non-hydrogen) atoms. The van der Waals surface area contributed by atoms with Gasteiger partial charge in [-0.1, -0.05) is 85.9 Å². The van der Waals surface area contributed by atoms with Crippen LogP contribution in [0.1, 0.15) is 139 Å². The number of rotatable bonds is 18. The van der Waals surface area contributed by atoms with Crippen molar-refractivity contribution in [3.63, 3.8) is 0 Å². The number of unbranched alkanes of at least 4 members (excludes halogenated alkanes) is 1. The lowest BCUT2D eigenvalue weighted by Gasteiger charge is -2.05. The Morgan fingerprint density at radius 1 is 0.394 bits per heavy atom. The molecule has 0 heterocycles. The summed E-state index contributed by atoms with van der Waals surface area (Å²) in [5, 5.41) is 0. The molecule has 0 heteroatoms. The normalized spacial score (nSPS) is 14.7. The fraction of sp³-hybridized carbons (Fsp3) is 0.697. The quantitative estimate of drug-likeness (QED) is 0.143. The average Bonchev–Trinajstić information content (AvgIpc) is 2.73. The number of hydrogen-bond donors (Lipinski definition) is 0. The van der Waals surface area contributed by atoms with Gasteiger partial charge in [-0.25, -0.2) is 0 Å². The standard InChI is InChI=1S/C33H58/c1-27(2)23-25-32(8)21-13-18-30(6)16-11-10-15-29(5)17-12-19-31(7)20-14-22-33(9)26-24-28(3)4/h15-16,19,21-22,27-28H,10-14,17-18,20,23-26H2,1-9H3/b29-15+,30-16+,31-19+,32-21+,33-22+. The zero-order valence-corrected chi connectivity index (χ0v) is 24.0. The van der Waals surface area contributed by atoms with Gasteiger partial charge in [0.25, 0.3) is 0 Å². The van der Waals surface area contributed by atoms with Crippen LogP contribution in [0, 0.1) is 11.8 Å². The summed E-state index contributed by atoms with van der Waals surface area (Å²) in [4.78, 5) is 0. The second-order valence-corrected chi connectivity index (χ2v) is 11.3. The summed E-state index contributed by atoms with van der Waals surface area (Å²) in [5.74, 6) is 1.62. The van der Waals surface area contributed by atoms with Crippen molar-refractivity contribution in [1.82, 2.24) is 0 Å². The molecule has 0 fully saturated rings. The smallest absolute Gasteiger partial charge is 0.0288 e. The van der Waals surface area contributed by atoms with Gasteiger partial charge < -0.3 is 0 Å². The molecule has 0 aromatic carbocycles. The van der Waals surface area contributed by atoms with Gasteiger partial charge in [0.15, 0.2) is 0 Å². The fourth-order valence-electron chi connectivity index (χ4n) is 3.84. The van der Waals surface area contributed by atoms with Crippen molar-refractivity contribution < 1.29 is 0 Å². The Balaban J connectivity index is 4.07. The molecular formula is C33H58. The summed E-state index contributed by atoms with van der Waals surface area (Å²) >= 11 is 0. The summed E-state index contributed by atoms with van der Waals surface area (Å²) in [6.07, 6.45) is 26.9. The molecule has 0 saturated carbocycles. The highest BCUT2D eigenvalue weighted by molar-refractivity contribution is 5.07. The van der Waals surface area contributed by atoms with Crippen LogP contribution >= 0.6 is 0 Å². The summed E-state index contributed by atoms with van der Waals surface area (Å²) in [5.41, 5.74) is 7.75. The van der Waals surface area contributed by atoms with Gasteiger partial charge in [0.05, 0.1) is 0 Å². The zero-order chi connectivity index (χ0) is 25.1. The number of hydrogen-bond acceptors (Lipinski definition) is 0.